The molecule has 0 aliphatic rings. The molecule has 0 saturated carbocycles. The molecule has 0 radical (unpaired) electrons. The molecule has 0 spiro atoms. The maximum Gasteiger partial charge on any atom is 0.254 e. The molecule has 2 rings (SSSR count). The fourth-order valence-electron chi connectivity index (χ4n) is 2.08. The van der Waals surface area contributed by atoms with E-state index in [1.807, 2.05) is 30.3 Å². The molecule has 4 nitrogen and oxygen atoms in total. The van der Waals surface area contributed by atoms with Crippen LogP contribution in [0.1, 0.15) is 22.3 Å². The number of hydrogen-bond donors (Lipinski definition) is 1. The van der Waals surface area contributed by atoms with Crippen molar-refractivity contribution in [1.29, 1.82) is 0 Å². The smallest absolute Gasteiger partial charge is 0.254 e. The minimum Gasteiger partial charge on any atom is -0.370 e. The zero-order chi connectivity index (χ0) is 15.9. The molecule has 0 aliphatic carbocycles. The molecule has 2 aromatic rings. The number of halogens is 1. The molecule has 2 amide bonds. The molecule has 0 atom stereocenters. The van der Waals surface area contributed by atoms with E-state index in [9.17, 15) is 14.0 Å². The second kappa shape index (κ2) is 7.36. The Labute approximate surface area is 128 Å². The summed E-state index contributed by atoms with van der Waals surface area (Å²) in [5.74, 6) is -1.13. The second-order valence-electron chi connectivity index (χ2n) is 4.94. The molecule has 0 fully saturated rings. The predicted octanol–water partition coefficient (Wildman–Crippen LogP) is 2.34. The van der Waals surface area contributed by atoms with E-state index >= 15 is 0 Å². The summed E-state index contributed by atoms with van der Waals surface area (Å²) in [5.41, 5.74) is 6.49. The summed E-state index contributed by atoms with van der Waals surface area (Å²) in [5, 5.41) is 0. The van der Waals surface area contributed by atoms with Crippen LogP contribution in [0, 0.1) is 5.82 Å². The topological polar surface area (TPSA) is 63.4 Å². The van der Waals surface area contributed by atoms with Crippen molar-refractivity contribution in [3.8, 4) is 0 Å². The molecule has 0 aliphatic heterocycles. The number of hydrogen-bond acceptors (Lipinski definition) is 2. The minimum atomic E-state index is -0.468. The molecule has 22 heavy (non-hydrogen) atoms. The van der Waals surface area contributed by atoms with Crippen LogP contribution in [0.25, 0.3) is 0 Å². The first-order valence-electron chi connectivity index (χ1n) is 6.93. The van der Waals surface area contributed by atoms with Crippen molar-refractivity contribution < 1.29 is 14.0 Å². The summed E-state index contributed by atoms with van der Waals surface area (Å²) in [6.45, 7) is 0.588. The zero-order valence-electron chi connectivity index (χ0n) is 12.0. The molecule has 2 aromatic carbocycles. The molecule has 2 N–H and O–H groups in total. The summed E-state index contributed by atoms with van der Waals surface area (Å²) in [6.07, 6.45) is 0.0831. The van der Waals surface area contributed by atoms with Crippen LogP contribution in [-0.2, 0) is 11.3 Å². The lowest BCUT2D eigenvalue weighted by Gasteiger charge is -2.22. The lowest BCUT2D eigenvalue weighted by molar-refractivity contribution is -0.118. The highest BCUT2D eigenvalue weighted by Gasteiger charge is 2.16. The summed E-state index contributed by atoms with van der Waals surface area (Å²) in [7, 11) is 0. The summed E-state index contributed by atoms with van der Waals surface area (Å²) < 4.78 is 13.0. The Morgan fingerprint density at radius 2 is 1.64 bits per heavy atom. The van der Waals surface area contributed by atoms with Gasteiger partial charge in [-0.2, -0.15) is 0 Å². The average molecular weight is 300 g/mol. The summed E-state index contributed by atoms with van der Waals surface area (Å²) in [4.78, 5) is 25.1. The lowest BCUT2D eigenvalue weighted by atomic mass is 10.1. The van der Waals surface area contributed by atoms with Crippen molar-refractivity contribution in [2.75, 3.05) is 6.54 Å². The van der Waals surface area contributed by atoms with E-state index < -0.39 is 11.7 Å². The number of carbonyl (C=O) groups excluding carboxylic acids is 2. The Kier molecular flexibility index (Phi) is 5.25. The van der Waals surface area contributed by atoms with E-state index in [-0.39, 0.29) is 18.9 Å². The van der Waals surface area contributed by atoms with E-state index in [0.717, 1.165) is 5.56 Å². The fourth-order valence-corrected chi connectivity index (χ4v) is 2.08. The van der Waals surface area contributed by atoms with Crippen LogP contribution in [0.3, 0.4) is 0 Å². The lowest BCUT2D eigenvalue weighted by Crippen LogP contribution is -2.33. The first-order chi connectivity index (χ1) is 10.6. The molecule has 0 unspecified atom stereocenters. The van der Waals surface area contributed by atoms with Crippen molar-refractivity contribution in [2.45, 2.75) is 13.0 Å². The van der Waals surface area contributed by atoms with Crippen LogP contribution in [0.2, 0.25) is 0 Å². The van der Waals surface area contributed by atoms with Crippen molar-refractivity contribution in [1.82, 2.24) is 4.90 Å². The fraction of sp³-hybridized carbons (Fsp3) is 0.176. The number of benzene rings is 2. The van der Waals surface area contributed by atoms with E-state index in [0.29, 0.717) is 12.1 Å². The molecule has 0 heterocycles. The van der Waals surface area contributed by atoms with E-state index in [1.54, 1.807) is 0 Å². The average Bonchev–Trinajstić information content (AvgIpc) is 2.52. The number of amides is 2. The first-order valence-corrected chi connectivity index (χ1v) is 6.93. The maximum atomic E-state index is 13.0. The monoisotopic (exact) mass is 300 g/mol. The highest BCUT2D eigenvalue weighted by molar-refractivity contribution is 5.94. The molecular weight excluding hydrogens is 283 g/mol. The van der Waals surface area contributed by atoms with Gasteiger partial charge in [0, 0.05) is 25.1 Å². The van der Waals surface area contributed by atoms with Gasteiger partial charge >= 0.3 is 0 Å². The van der Waals surface area contributed by atoms with Gasteiger partial charge in [0.1, 0.15) is 5.82 Å². The van der Waals surface area contributed by atoms with E-state index in [4.69, 9.17) is 5.73 Å². The molecule has 0 saturated heterocycles. The zero-order valence-corrected chi connectivity index (χ0v) is 12.0. The van der Waals surface area contributed by atoms with Crippen molar-refractivity contribution in [3.63, 3.8) is 0 Å². The Balaban J connectivity index is 2.17. The van der Waals surface area contributed by atoms with E-state index in [1.165, 1.54) is 29.2 Å². The number of rotatable bonds is 6. The summed E-state index contributed by atoms with van der Waals surface area (Å²) >= 11 is 0. The van der Waals surface area contributed by atoms with Gasteiger partial charge in [-0.25, -0.2) is 4.39 Å². The van der Waals surface area contributed by atoms with Gasteiger partial charge in [-0.1, -0.05) is 30.3 Å². The second-order valence-corrected chi connectivity index (χ2v) is 4.94. The van der Waals surface area contributed by atoms with E-state index in [2.05, 4.69) is 0 Å². The standard InChI is InChI=1S/C17H17FN2O2/c18-15-8-6-14(7-9-15)17(22)20(11-10-16(19)21)12-13-4-2-1-3-5-13/h1-9H,10-12H2,(H2,19,21). The normalized spacial score (nSPS) is 10.2. The Morgan fingerprint density at radius 1 is 1.00 bits per heavy atom. The van der Waals surface area contributed by atoms with Gasteiger partial charge < -0.3 is 10.6 Å². The number of primary amides is 1. The predicted molar refractivity (Wildman–Crippen MR) is 81.4 cm³/mol. The van der Waals surface area contributed by atoms with Gasteiger partial charge in [-0.15, -0.1) is 0 Å². The third-order valence-corrected chi connectivity index (χ3v) is 3.22. The molecular formula is C17H17FN2O2. The Hall–Kier alpha value is -2.69. The quantitative estimate of drug-likeness (QED) is 0.890. The largest absolute Gasteiger partial charge is 0.370 e. The van der Waals surface area contributed by atoms with Crippen LogP contribution in [-0.4, -0.2) is 23.3 Å². The SMILES string of the molecule is NC(=O)CCN(Cc1ccccc1)C(=O)c1ccc(F)cc1. The minimum absolute atomic E-state index is 0.0831. The van der Waals surface area contributed by atoms with Crippen molar-refractivity contribution in [3.05, 3.63) is 71.5 Å². The first kappa shape index (κ1) is 15.7. The van der Waals surface area contributed by atoms with Crippen LogP contribution in [0.15, 0.2) is 54.6 Å². The molecule has 5 heteroatoms. The van der Waals surface area contributed by atoms with Gasteiger partial charge in [0.05, 0.1) is 0 Å². The number of nitrogens with two attached hydrogens (primary N) is 1. The maximum absolute atomic E-state index is 13.0. The third kappa shape index (κ3) is 4.41. The highest BCUT2D eigenvalue weighted by atomic mass is 19.1. The molecule has 0 aromatic heterocycles. The van der Waals surface area contributed by atoms with Crippen molar-refractivity contribution >= 4 is 11.8 Å². The van der Waals surface area contributed by atoms with Crippen LogP contribution in [0.5, 0.6) is 0 Å². The number of carbonyl (C=O) groups is 2. The van der Waals surface area contributed by atoms with Crippen LogP contribution < -0.4 is 5.73 Å². The van der Waals surface area contributed by atoms with Crippen LogP contribution in [0.4, 0.5) is 4.39 Å². The Bertz CT molecular complexity index is 641. The van der Waals surface area contributed by atoms with Gasteiger partial charge in [-0.05, 0) is 29.8 Å². The summed E-state index contributed by atoms with van der Waals surface area (Å²) in [6, 6.07) is 14.8. The number of nitrogens with zero attached hydrogens (tertiary/aromatic N) is 1. The van der Waals surface area contributed by atoms with Gasteiger partial charge in [0.15, 0.2) is 0 Å². The van der Waals surface area contributed by atoms with Crippen molar-refractivity contribution in [2.24, 2.45) is 5.73 Å². The molecule has 114 valence electrons. The molecule has 0 bridgehead atoms. The van der Waals surface area contributed by atoms with Gasteiger partial charge in [0.2, 0.25) is 5.91 Å². The van der Waals surface area contributed by atoms with Crippen LogP contribution >= 0.6 is 0 Å². The van der Waals surface area contributed by atoms with Gasteiger partial charge in [0.25, 0.3) is 5.91 Å². The third-order valence-electron chi connectivity index (χ3n) is 3.22. The Morgan fingerprint density at radius 3 is 2.23 bits per heavy atom. The highest BCUT2D eigenvalue weighted by Crippen LogP contribution is 2.11. The van der Waals surface area contributed by atoms with Gasteiger partial charge in [-0.3, -0.25) is 9.59 Å².